The van der Waals surface area contributed by atoms with Gasteiger partial charge in [0.25, 0.3) is 11.8 Å². The number of para-hydroxylation sites is 1. The van der Waals surface area contributed by atoms with E-state index in [0.29, 0.717) is 16.8 Å². The van der Waals surface area contributed by atoms with Crippen LogP contribution in [0.3, 0.4) is 0 Å². The largest absolute Gasteiger partial charge is 0.324 e. The molecule has 0 bridgehead atoms. The minimum absolute atomic E-state index is 0.309. The number of nitrogens with zero attached hydrogens (tertiary/aromatic N) is 1. The summed E-state index contributed by atoms with van der Waals surface area (Å²) >= 11 is 0. The minimum atomic E-state index is -0.409. The fraction of sp³-hybridized carbons (Fsp3) is 0.174. The number of rotatable bonds is 3. The monoisotopic (exact) mass is 370 g/mol. The van der Waals surface area contributed by atoms with Crippen molar-refractivity contribution in [1.82, 2.24) is 4.90 Å². The van der Waals surface area contributed by atoms with E-state index < -0.39 is 17.7 Å². The van der Waals surface area contributed by atoms with Crippen LogP contribution in [0.15, 0.2) is 48.5 Å². The first-order chi connectivity index (χ1) is 13.5. The molecule has 0 atom stereocenters. The minimum Gasteiger partial charge on any atom is -0.324 e. The average Bonchev–Trinajstić information content (AvgIpc) is 3.11. The molecule has 28 heavy (non-hydrogen) atoms. The summed E-state index contributed by atoms with van der Waals surface area (Å²) in [5, 5.41) is 4.58. The number of nitrogens with one attached hydrogen (secondary N) is 1. The van der Waals surface area contributed by atoms with Crippen LogP contribution in [0.4, 0.5) is 5.69 Å². The summed E-state index contributed by atoms with van der Waals surface area (Å²) in [4.78, 5) is 39.7. The van der Waals surface area contributed by atoms with Crippen molar-refractivity contribution < 1.29 is 14.4 Å². The van der Waals surface area contributed by atoms with Gasteiger partial charge in [-0.15, -0.1) is 0 Å². The highest BCUT2D eigenvalue weighted by Gasteiger charge is 2.35. The molecule has 1 N–H and O–H groups in total. The third kappa shape index (κ3) is 2.36. The second-order valence-corrected chi connectivity index (χ2v) is 7.35. The Labute approximate surface area is 162 Å². The highest BCUT2D eigenvalue weighted by atomic mass is 16.2. The van der Waals surface area contributed by atoms with E-state index in [0.717, 1.165) is 34.1 Å². The molecule has 138 valence electrons. The van der Waals surface area contributed by atoms with Gasteiger partial charge in [0.05, 0.1) is 0 Å². The number of carbonyl (C=O) groups excluding carboxylic acids is 3. The number of imide groups is 1. The van der Waals surface area contributed by atoms with E-state index >= 15 is 0 Å². The quantitative estimate of drug-likeness (QED) is 0.718. The predicted octanol–water partition coefficient (Wildman–Crippen LogP) is 3.48. The van der Waals surface area contributed by atoms with E-state index in [1.165, 1.54) is 11.1 Å². The Kier molecular flexibility index (Phi) is 3.59. The lowest BCUT2D eigenvalue weighted by atomic mass is 9.91. The summed E-state index contributed by atoms with van der Waals surface area (Å²) in [5.74, 6) is -1.21. The molecule has 1 heterocycles. The summed E-state index contributed by atoms with van der Waals surface area (Å²) in [6.45, 7) is 1.58. The zero-order chi connectivity index (χ0) is 19.4. The lowest BCUT2D eigenvalue weighted by molar-refractivity contribution is -0.116. The Morgan fingerprint density at radius 1 is 0.893 bits per heavy atom. The predicted molar refractivity (Wildman–Crippen MR) is 107 cm³/mol. The van der Waals surface area contributed by atoms with Gasteiger partial charge in [-0.25, -0.2) is 0 Å². The first-order valence-electron chi connectivity index (χ1n) is 9.34. The molecule has 0 unspecified atom stereocenters. The maximum absolute atomic E-state index is 13.0. The molecule has 0 fully saturated rings. The Hall–Kier alpha value is -3.47. The van der Waals surface area contributed by atoms with E-state index in [-0.39, 0.29) is 6.54 Å². The van der Waals surface area contributed by atoms with Crippen molar-refractivity contribution in [2.24, 2.45) is 0 Å². The normalized spacial score (nSPS) is 14.7. The SMILES string of the molecule is Cc1ccccc1NC(=O)CN1C(=O)c2ccc3c4c(ccc(c24)C1=O)CC3. The maximum Gasteiger partial charge on any atom is 0.261 e. The molecule has 5 rings (SSSR count). The third-order valence-corrected chi connectivity index (χ3v) is 5.67. The van der Waals surface area contributed by atoms with Crippen molar-refractivity contribution in [1.29, 1.82) is 0 Å². The fourth-order valence-electron chi connectivity index (χ4n) is 4.26. The first-order valence-corrected chi connectivity index (χ1v) is 9.34. The smallest absolute Gasteiger partial charge is 0.261 e. The number of hydrogen-bond acceptors (Lipinski definition) is 3. The Balaban J connectivity index is 1.50. The summed E-state index contributed by atoms with van der Waals surface area (Å²) in [7, 11) is 0. The lowest BCUT2D eigenvalue weighted by Gasteiger charge is -2.27. The lowest BCUT2D eigenvalue weighted by Crippen LogP contribution is -2.44. The summed E-state index contributed by atoms with van der Waals surface area (Å²) in [6, 6.07) is 14.9. The standard InChI is InChI=1S/C23H18N2O3/c1-13-4-2-3-5-18(13)24-19(26)12-25-22(27)16-10-8-14-6-7-15-9-11-17(23(25)28)21(16)20(14)15/h2-5,8-11H,6-7,12H2,1H3,(H,24,26). The van der Waals surface area contributed by atoms with E-state index in [9.17, 15) is 14.4 Å². The Morgan fingerprint density at radius 3 is 2.11 bits per heavy atom. The Morgan fingerprint density at radius 2 is 1.50 bits per heavy atom. The number of hydrogen-bond donors (Lipinski definition) is 1. The average molecular weight is 370 g/mol. The second-order valence-electron chi connectivity index (χ2n) is 7.35. The van der Waals surface area contributed by atoms with Crippen molar-refractivity contribution in [3.8, 4) is 0 Å². The first kappa shape index (κ1) is 16.7. The number of benzene rings is 3. The van der Waals surface area contributed by atoms with Crippen LogP contribution in [0, 0.1) is 6.92 Å². The molecular formula is C23H18N2O3. The van der Waals surface area contributed by atoms with Gasteiger partial charge in [0.15, 0.2) is 0 Å². The number of amides is 3. The van der Waals surface area contributed by atoms with Gasteiger partial charge in [-0.3, -0.25) is 19.3 Å². The molecule has 5 nitrogen and oxygen atoms in total. The summed E-state index contributed by atoms with van der Waals surface area (Å²) in [6.07, 6.45) is 1.86. The van der Waals surface area contributed by atoms with Crippen LogP contribution in [-0.4, -0.2) is 29.2 Å². The van der Waals surface area contributed by atoms with Crippen LogP contribution < -0.4 is 5.32 Å². The second kappa shape index (κ2) is 6.02. The van der Waals surface area contributed by atoms with E-state index in [2.05, 4.69) is 5.32 Å². The van der Waals surface area contributed by atoms with Gasteiger partial charge in [0.1, 0.15) is 6.54 Å². The molecule has 3 amide bonds. The van der Waals surface area contributed by atoms with E-state index in [1.807, 2.05) is 37.3 Å². The van der Waals surface area contributed by atoms with Gasteiger partial charge < -0.3 is 5.32 Å². The molecule has 0 spiro atoms. The molecule has 1 aliphatic carbocycles. The van der Waals surface area contributed by atoms with Gasteiger partial charge in [-0.05, 0) is 60.0 Å². The van der Waals surface area contributed by atoms with Crippen LogP contribution in [0.2, 0.25) is 0 Å². The van der Waals surface area contributed by atoms with Crippen molar-refractivity contribution in [3.05, 3.63) is 76.3 Å². The van der Waals surface area contributed by atoms with Gasteiger partial charge in [-0.1, -0.05) is 30.3 Å². The highest BCUT2D eigenvalue weighted by Crippen LogP contribution is 2.38. The molecule has 2 aliphatic rings. The van der Waals surface area contributed by atoms with Gasteiger partial charge in [0.2, 0.25) is 5.91 Å². The zero-order valence-corrected chi connectivity index (χ0v) is 15.4. The molecule has 0 radical (unpaired) electrons. The van der Waals surface area contributed by atoms with Crippen molar-refractivity contribution in [2.45, 2.75) is 19.8 Å². The van der Waals surface area contributed by atoms with Crippen LogP contribution in [0.25, 0.3) is 10.8 Å². The topological polar surface area (TPSA) is 66.5 Å². The van der Waals surface area contributed by atoms with Gasteiger partial charge in [-0.2, -0.15) is 0 Å². The van der Waals surface area contributed by atoms with Crippen LogP contribution in [-0.2, 0) is 17.6 Å². The fourth-order valence-corrected chi connectivity index (χ4v) is 4.26. The molecule has 3 aromatic rings. The molecule has 1 aliphatic heterocycles. The van der Waals surface area contributed by atoms with Crippen LogP contribution in [0.5, 0.6) is 0 Å². The number of carbonyl (C=O) groups is 3. The Bertz CT molecular complexity index is 1140. The molecule has 5 heteroatoms. The molecule has 0 saturated heterocycles. The summed E-state index contributed by atoms with van der Waals surface area (Å²) in [5.41, 5.74) is 4.96. The zero-order valence-electron chi connectivity index (χ0n) is 15.4. The summed E-state index contributed by atoms with van der Waals surface area (Å²) < 4.78 is 0. The van der Waals surface area contributed by atoms with Gasteiger partial charge >= 0.3 is 0 Å². The van der Waals surface area contributed by atoms with Crippen molar-refractivity contribution in [2.75, 3.05) is 11.9 Å². The van der Waals surface area contributed by atoms with Gasteiger partial charge in [0, 0.05) is 22.2 Å². The van der Waals surface area contributed by atoms with Crippen LogP contribution >= 0.6 is 0 Å². The molecule has 0 aromatic heterocycles. The highest BCUT2D eigenvalue weighted by molar-refractivity contribution is 6.27. The number of anilines is 1. The van der Waals surface area contributed by atoms with E-state index in [1.54, 1.807) is 18.2 Å². The van der Waals surface area contributed by atoms with Crippen molar-refractivity contribution in [3.63, 3.8) is 0 Å². The number of aryl methyl sites for hydroxylation is 3. The van der Waals surface area contributed by atoms with Crippen molar-refractivity contribution >= 4 is 34.2 Å². The van der Waals surface area contributed by atoms with E-state index in [4.69, 9.17) is 0 Å². The van der Waals surface area contributed by atoms with Crippen LogP contribution in [0.1, 0.15) is 37.4 Å². The maximum atomic E-state index is 13.0. The molecule has 3 aromatic carbocycles. The third-order valence-electron chi connectivity index (χ3n) is 5.67. The molecular weight excluding hydrogens is 352 g/mol. The molecule has 0 saturated carbocycles.